The molecule has 3 atom stereocenters. The van der Waals surface area contributed by atoms with Gasteiger partial charge in [-0.05, 0) is 69.2 Å². The van der Waals surface area contributed by atoms with Gasteiger partial charge in [0.15, 0.2) is 0 Å². The van der Waals surface area contributed by atoms with Crippen LogP contribution < -0.4 is 10.6 Å². The molecule has 1 fully saturated rings. The average Bonchev–Trinajstić information content (AvgIpc) is 3.37. The number of hydrogen-bond donors (Lipinski definition) is 2. The molecule has 1 amide bonds. The SMILES string of the molecule is CC(C)(C)n1ccc(C2C[C@@H](C(=O)Nc3cccc(F)c3)N[C@H]2c2ccc(Cl)c(F)c2)n1. The molecular formula is C24H25ClF2N4O. The zero-order valence-electron chi connectivity index (χ0n) is 18.1. The molecule has 0 aliphatic carbocycles. The van der Waals surface area contributed by atoms with E-state index in [-0.39, 0.29) is 28.4 Å². The second-order valence-corrected chi connectivity index (χ2v) is 9.48. The fraction of sp³-hybridized carbons (Fsp3) is 0.333. The van der Waals surface area contributed by atoms with Crippen LogP contribution in [-0.4, -0.2) is 21.7 Å². The molecule has 8 heteroatoms. The summed E-state index contributed by atoms with van der Waals surface area (Å²) < 4.78 is 29.6. The Morgan fingerprint density at radius 2 is 1.97 bits per heavy atom. The average molecular weight is 459 g/mol. The van der Waals surface area contributed by atoms with Crippen molar-refractivity contribution in [2.24, 2.45) is 0 Å². The smallest absolute Gasteiger partial charge is 0.241 e. The minimum atomic E-state index is -0.563. The second kappa shape index (κ2) is 8.64. The molecule has 1 unspecified atom stereocenters. The topological polar surface area (TPSA) is 59.0 Å². The van der Waals surface area contributed by atoms with Gasteiger partial charge in [-0.1, -0.05) is 23.7 Å². The summed E-state index contributed by atoms with van der Waals surface area (Å²) in [6.07, 6.45) is 2.37. The molecular weight excluding hydrogens is 434 g/mol. The van der Waals surface area contributed by atoms with Crippen molar-refractivity contribution in [3.05, 3.63) is 82.6 Å². The Kier molecular flexibility index (Phi) is 6.05. The van der Waals surface area contributed by atoms with Crippen molar-refractivity contribution in [1.29, 1.82) is 0 Å². The van der Waals surface area contributed by atoms with Crippen LogP contribution in [-0.2, 0) is 10.3 Å². The van der Waals surface area contributed by atoms with Crippen molar-refractivity contribution < 1.29 is 13.6 Å². The van der Waals surface area contributed by atoms with E-state index in [2.05, 4.69) is 31.4 Å². The first-order valence-corrected chi connectivity index (χ1v) is 10.8. The van der Waals surface area contributed by atoms with Crippen molar-refractivity contribution >= 4 is 23.2 Å². The molecule has 5 nitrogen and oxygen atoms in total. The van der Waals surface area contributed by atoms with Gasteiger partial charge in [-0.15, -0.1) is 0 Å². The van der Waals surface area contributed by atoms with Crippen LogP contribution in [0.2, 0.25) is 5.02 Å². The van der Waals surface area contributed by atoms with Gasteiger partial charge in [-0.3, -0.25) is 14.8 Å². The summed E-state index contributed by atoms with van der Waals surface area (Å²) in [5, 5.41) is 10.9. The third-order valence-electron chi connectivity index (χ3n) is 5.66. The number of rotatable bonds is 4. The van der Waals surface area contributed by atoms with E-state index in [1.807, 2.05) is 16.9 Å². The quantitative estimate of drug-likeness (QED) is 0.550. The maximum absolute atomic E-state index is 14.2. The van der Waals surface area contributed by atoms with Crippen LogP contribution >= 0.6 is 11.6 Å². The number of amides is 1. The lowest BCUT2D eigenvalue weighted by Crippen LogP contribution is -2.36. The van der Waals surface area contributed by atoms with Gasteiger partial charge in [0.1, 0.15) is 11.6 Å². The van der Waals surface area contributed by atoms with Crippen molar-refractivity contribution in [3.8, 4) is 0 Å². The molecule has 2 aromatic carbocycles. The number of hydrogen-bond acceptors (Lipinski definition) is 3. The lowest BCUT2D eigenvalue weighted by molar-refractivity contribution is -0.117. The fourth-order valence-corrected chi connectivity index (χ4v) is 4.12. The van der Waals surface area contributed by atoms with Gasteiger partial charge in [0.2, 0.25) is 5.91 Å². The predicted octanol–water partition coefficient (Wildman–Crippen LogP) is 5.40. The van der Waals surface area contributed by atoms with Gasteiger partial charge >= 0.3 is 0 Å². The summed E-state index contributed by atoms with van der Waals surface area (Å²) in [5.41, 5.74) is 1.68. The van der Waals surface area contributed by atoms with Crippen molar-refractivity contribution in [3.63, 3.8) is 0 Å². The van der Waals surface area contributed by atoms with E-state index < -0.39 is 17.7 Å². The second-order valence-electron chi connectivity index (χ2n) is 9.07. The third kappa shape index (κ3) is 4.69. The Morgan fingerprint density at radius 3 is 2.62 bits per heavy atom. The van der Waals surface area contributed by atoms with Gasteiger partial charge in [0.25, 0.3) is 0 Å². The number of halogens is 3. The zero-order valence-corrected chi connectivity index (χ0v) is 18.8. The summed E-state index contributed by atoms with van der Waals surface area (Å²) in [7, 11) is 0. The summed E-state index contributed by atoms with van der Waals surface area (Å²) >= 11 is 5.87. The molecule has 4 rings (SSSR count). The normalized spacial score (nSPS) is 21.0. The van der Waals surface area contributed by atoms with E-state index in [1.54, 1.807) is 12.1 Å². The molecule has 1 aliphatic rings. The molecule has 1 aliphatic heterocycles. The highest BCUT2D eigenvalue weighted by atomic mass is 35.5. The maximum atomic E-state index is 14.2. The molecule has 2 N–H and O–H groups in total. The van der Waals surface area contributed by atoms with Gasteiger partial charge in [-0.2, -0.15) is 5.10 Å². The highest BCUT2D eigenvalue weighted by Gasteiger charge is 2.40. The van der Waals surface area contributed by atoms with Crippen LogP contribution in [0.15, 0.2) is 54.7 Å². The van der Waals surface area contributed by atoms with Crippen LogP contribution in [0.4, 0.5) is 14.5 Å². The van der Waals surface area contributed by atoms with Crippen LogP contribution in [0.1, 0.15) is 50.4 Å². The molecule has 168 valence electrons. The Bertz CT molecular complexity index is 1140. The molecule has 1 saturated heterocycles. The van der Waals surface area contributed by atoms with E-state index in [0.29, 0.717) is 17.7 Å². The lowest BCUT2D eigenvalue weighted by atomic mass is 9.90. The van der Waals surface area contributed by atoms with E-state index >= 15 is 0 Å². The molecule has 0 spiro atoms. The molecule has 0 radical (unpaired) electrons. The first-order valence-electron chi connectivity index (χ1n) is 10.5. The Balaban J connectivity index is 1.63. The lowest BCUT2D eigenvalue weighted by Gasteiger charge is -2.21. The van der Waals surface area contributed by atoms with Crippen molar-refractivity contribution in [2.45, 2.75) is 50.7 Å². The van der Waals surface area contributed by atoms with E-state index in [0.717, 1.165) is 5.69 Å². The number of nitrogens with zero attached hydrogens (tertiary/aromatic N) is 2. The standard InChI is InChI=1S/C24H25ClF2N4O/c1-24(2,3)31-10-9-20(30-31)17-13-21(23(32)28-16-6-4-5-15(26)12-16)29-22(17)14-7-8-18(25)19(27)11-14/h4-12,17,21-22,29H,13H2,1-3H3,(H,28,32)/t17?,21-,22-/m0/s1. The molecule has 2 heterocycles. The number of carbonyl (C=O) groups is 1. The first-order chi connectivity index (χ1) is 15.1. The molecule has 1 aromatic heterocycles. The van der Waals surface area contributed by atoms with E-state index in [9.17, 15) is 13.6 Å². The number of aromatic nitrogens is 2. The van der Waals surface area contributed by atoms with Gasteiger partial charge in [0, 0.05) is 23.8 Å². The minimum absolute atomic E-state index is 0.0423. The van der Waals surface area contributed by atoms with Crippen molar-refractivity contribution in [2.75, 3.05) is 5.32 Å². The van der Waals surface area contributed by atoms with Crippen LogP contribution in [0.25, 0.3) is 0 Å². The minimum Gasteiger partial charge on any atom is -0.325 e. The zero-order chi connectivity index (χ0) is 23.0. The molecule has 0 bridgehead atoms. The largest absolute Gasteiger partial charge is 0.325 e. The fourth-order valence-electron chi connectivity index (χ4n) is 4.00. The number of benzene rings is 2. The van der Waals surface area contributed by atoms with Crippen LogP contribution in [0.3, 0.4) is 0 Å². The number of nitrogens with one attached hydrogen (secondary N) is 2. The first kappa shape index (κ1) is 22.4. The Hall–Kier alpha value is -2.77. The number of anilines is 1. The molecule has 3 aromatic rings. The predicted molar refractivity (Wildman–Crippen MR) is 121 cm³/mol. The number of carbonyl (C=O) groups excluding carboxylic acids is 1. The summed E-state index contributed by atoms with van der Waals surface area (Å²) in [4.78, 5) is 12.9. The Morgan fingerprint density at radius 1 is 1.19 bits per heavy atom. The van der Waals surface area contributed by atoms with Crippen LogP contribution in [0.5, 0.6) is 0 Å². The van der Waals surface area contributed by atoms with E-state index in [4.69, 9.17) is 16.7 Å². The summed E-state index contributed by atoms with van der Waals surface area (Å²) in [5.74, 6) is -1.39. The van der Waals surface area contributed by atoms with E-state index in [1.165, 1.54) is 30.3 Å². The third-order valence-corrected chi connectivity index (χ3v) is 5.97. The summed E-state index contributed by atoms with van der Waals surface area (Å²) in [6, 6.07) is 11.4. The van der Waals surface area contributed by atoms with Crippen molar-refractivity contribution in [1.82, 2.24) is 15.1 Å². The maximum Gasteiger partial charge on any atom is 0.241 e. The highest BCUT2D eigenvalue weighted by molar-refractivity contribution is 6.30. The summed E-state index contributed by atoms with van der Waals surface area (Å²) in [6.45, 7) is 6.16. The highest BCUT2D eigenvalue weighted by Crippen LogP contribution is 2.41. The monoisotopic (exact) mass is 458 g/mol. The van der Waals surface area contributed by atoms with Crippen LogP contribution in [0, 0.1) is 11.6 Å². The molecule has 32 heavy (non-hydrogen) atoms. The molecule has 0 saturated carbocycles. The Labute approximate surface area is 190 Å². The van der Waals surface area contributed by atoms with Gasteiger partial charge in [0.05, 0.1) is 22.3 Å². The van der Waals surface area contributed by atoms with Gasteiger partial charge < -0.3 is 5.32 Å². The van der Waals surface area contributed by atoms with Gasteiger partial charge in [-0.25, -0.2) is 8.78 Å².